The number of benzene rings is 2. The van der Waals surface area contributed by atoms with Gasteiger partial charge >= 0.3 is 0 Å². The lowest BCUT2D eigenvalue weighted by Crippen LogP contribution is -2.23. The Labute approximate surface area is 173 Å². The molecule has 0 bridgehead atoms. The molecule has 0 aliphatic carbocycles. The maximum absolute atomic E-state index is 12.8. The van der Waals surface area contributed by atoms with E-state index in [1.807, 2.05) is 55.6 Å². The summed E-state index contributed by atoms with van der Waals surface area (Å²) in [5, 5.41) is 13.2. The summed E-state index contributed by atoms with van der Waals surface area (Å²) >= 11 is 0. The summed E-state index contributed by atoms with van der Waals surface area (Å²) in [4.78, 5) is 28.2. The maximum atomic E-state index is 12.8. The minimum Gasteiger partial charge on any atom is -0.508 e. The first-order chi connectivity index (χ1) is 14.5. The van der Waals surface area contributed by atoms with Gasteiger partial charge < -0.3 is 20.0 Å². The van der Waals surface area contributed by atoms with E-state index in [0.29, 0.717) is 23.1 Å². The van der Waals surface area contributed by atoms with Gasteiger partial charge in [0.25, 0.3) is 11.5 Å². The van der Waals surface area contributed by atoms with Gasteiger partial charge in [0, 0.05) is 31.1 Å². The first-order valence-electron chi connectivity index (χ1n) is 9.84. The van der Waals surface area contributed by atoms with E-state index < -0.39 is 0 Å². The highest BCUT2D eigenvalue weighted by Crippen LogP contribution is 2.36. The molecule has 2 aromatic carbocycles. The smallest absolute Gasteiger partial charge is 0.274 e. The third kappa shape index (κ3) is 3.48. The number of aromatic nitrogens is 2. The van der Waals surface area contributed by atoms with Crippen molar-refractivity contribution in [1.82, 2.24) is 14.9 Å². The van der Waals surface area contributed by atoms with Gasteiger partial charge in [-0.1, -0.05) is 42.5 Å². The predicted octanol–water partition coefficient (Wildman–Crippen LogP) is 3.50. The molecule has 2 aromatic heterocycles. The summed E-state index contributed by atoms with van der Waals surface area (Å²) in [7, 11) is 1.71. The Balaban J connectivity index is 1.99. The molecule has 2 heterocycles. The third-order valence-electron chi connectivity index (χ3n) is 5.25. The lowest BCUT2D eigenvalue weighted by atomic mass is 9.84. The Morgan fingerprint density at radius 3 is 2.43 bits per heavy atom. The number of nitrogens with zero attached hydrogens (tertiary/aromatic N) is 1. The summed E-state index contributed by atoms with van der Waals surface area (Å²) in [5.74, 6) is -0.238. The van der Waals surface area contributed by atoms with Crippen LogP contribution in [0.3, 0.4) is 0 Å². The fourth-order valence-corrected chi connectivity index (χ4v) is 3.84. The van der Waals surface area contributed by atoms with E-state index in [2.05, 4.69) is 10.3 Å². The van der Waals surface area contributed by atoms with E-state index in [4.69, 9.17) is 0 Å². The zero-order valence-corrected chi connectivity index (χ0v) is 16.8. The number of H-pyrrole nitrogens is 1. The summed E-state index contributed by atoms with van der Waals surface area (Å²) in [6.45, 7) is 2.35. The molecule has 4 rings (SSSR count). The van der Waals surface area contributed by atoms with Gasteiger partial charge in [0.2, 0.25) is 0 Å². The first kappa shape index (κ1) is 19.5. The van der Waals surface area contributed by atoms with Gasteiger partial charge in [0.1, 0.15) is 17.0 Å². The van der Waals surface area contributed by atoms with Crippen LogP contribution in [-0.2, 0) is 7.05 Å². The van der Waals surface area contributed by atoms with Crippen LogP contribution in [0.4, 0.5) is 0 Å². The lowest BCUT2D eigenvalue weighted by Gasteiger charge is -2.20. The number of phenols is 1. The van der Waals surface area contributed by atoms with Crippen LogP contribution in [0.2, 0.25) is 0 Å². The number of aromatic amines is 1. The Bertz CT molecular complexity index is 1250. The van der Waals surface area contributed by atoms with Crippen LogP contribution in [-0.4, -0.2) is 27.1 Å². The molecule has 0 spiro atoms. The highest BCUT2D eigenvalue weighted by Gasteiger charge is 2.23. The number of carbonyl (C=O) groups excluding carboxylic acids is 1. The molecule has 3 N–H and O–H groups in total. The highest BCUT2D eigenvalue weighted by molar-refractivity contribution is 5.99. The van der Waals surface area contributed by atoms with Crippen molar-refractivity contribution < 1.29 is 9.90 Å². The van der Waals surface area contributed by atoms with Crippen LogP contribution in [0.15, 0.2) is 71.7 Å². The number of pyridine rings is 1. The summed E-state index contributed by atoms with van der Waals surface area (Å²) in [6.07, 6.45) is 1.82. The van der Waals surface area contributed by atoms with Gasteiger partial charge in [-0.25, -0.2) is 0 Å². The maximum Gasteiger partial charge on any atom is 0.274 e. The predicted molar refractivity (Wildman–Crippen MR) is 117 cm³/mol. The molecule has 152 valence electrons. The molecule has 1 unspecified atom stereocenters. The molecule has 30 heavy (non-hydrogen) atoms. The van der Waals surface area contributed by atoms with Crippen molar-refractivity contribution in [2.45, 2.75) is 12.8 Å². The number of hydrogen-bond acceptors (Lipinski definition) is 3. The number of rotatable bonds is 5. The second-order valence-electron chi connectivity index (χ2n) is 7.27. The molecule has 0 saturated carbocycles. The Morgan fingerprint density at radius 1 is 1.10 bits per heavy atom. The molecule has 0 saturated heterocycles. The van der Waals surface area contributed by atoms with Crippen LogP contribution < -0.4 is 10.9 Å². The van der Waals surface area contributed by atoms with Crippen LogP contribution in [0.5, 0.6) is 5.75 Å². The number of phenolic OH excluding ortho intramolecular Hbond substituents is 1. The minimum atomic E-state index is -0.248. The van der Waals surface area contributed by atoms with E-state index in [1.165, 1.54) is 4.57 Å². The molecule has 0 radical (unpaired) electrons. The highest BCUT2D eigenvalue weighted by atomic mass is 16.3. The quantitative estimate of drug-likeness (QED) is 0.478. The van der Waals surface area contributed by atoms with Gasteiger partial charge in [-0.2, -0.15) is 0 Å². The Kier molecular flexibility index (Phi) is 5.14. The van der Waals surface area contributed by atoms with Crippen LogP contribution in [0.1, 0.15) is 40.0 Å². The second kappa shape index (κ2) is 7.91. The summed E-state index contributed by atoms with van der Waals surface area (Å²) in [5.41, 5.74) is 3.48. The molecule has 6 heteroatoms. The fourth-order valence-electron chi connectivity index (χ4n) is 3.84. The molecule has 0 fully saturated rings. The largest absolute Gasteiger partial charge is 0.508 e. The number of aryl methyl sites for hydroxylation is 1. The Hall–Kier alpha value is -3.80. The molecular weight excluding hydrogens is 378 g/mol. The molecule has 0 aliphatic rings. The lowest BCUT2D eigenvalue weighted by molar-refractivity contribution is 0.0951. The number of nitrogens with one attached hydrogen (secondary N) is 2. The van der Waals surface area contributed by atoms with Crippen LogP contribution in [0.25, 0.3) is 10.9 Å². The van der Waals surface area contributed by atoms with Crippen molar-refractivity contribution in [3.8, 4) is 5.75 Å². The van der Waals surface area contributed by atoms with Crippen molar-refractivity contribution in [3.05, 3.63) is 99.6 Å². The Morgan fingerprint density at radius 2 is 1.77 bits per heavy atom. The van der Waals surface area contributed by atoms with Crippen molar-refractivity contribution >= 4 is 16.8 Å². The number of hydrogen-bond donors (Lipinski definition) is 3. The average molecular weight is 401 g/mol. The second-order valence-corrected chi connectivity index (χ2v) is 7.27. The van der Waals surface area contributed by atoms with Gasteiger partial charge in [-0.3, -0.25) is 9.59 Å². The van der Waals surface area contributed by atoms with E-state index >= 15 is 0 Å². The summed E-state index contributed by atoms with van der Waals surface area (Å²) < 4.78 is 1.53. The molecule has 4 aromatic rings. The number of amides is 1. The molecule has 1 amide bonds. The van der Waals surface area contributed by atoms with Crippen molar-refractivity contribution in [1.29, 1.82) is 0 Å². The van der Waals surface area contributed by atoms with Crippen molar-refractivity contribution in [2.24, 2.45) is 7.05 Å². The number of aromatic hydroxyl groups is 1. The van der Waals surface area contributed by atoms with E-state index in [9.17, 15) is 14.7 Å². The SMILES string of the molecule is CCNC(=O)c1cc2c(C(c3ccccc3)c3ccc(O)cc3)cn(C)c(=O)c2[nH]1. The zero-order valence-electron chi connectivity index (χ0n) is 16.8. The standard InChI is InChI=1S/C24H23N3O3/c1-3-25-23(29)20-13-18-19(14-27(2)24(30)22(18)26-20)21(15-7-5-4-6-8-15)16-9-11-17(28)12-10-16/h4-14,21,26,28H,3H2,1-2H3,(H,25,29). The first-order valence-corrected chi connectivity index (χ1v) is 9.84. The normalized spacial score (nSPS) is 12.1. The molecular formula is C24H23N3O3. The van der Waals surface area contributed by atoms with Crippen molar-refractivity contribution in [2.75, 3.05) is 6.54 Å². The van der Waals surface area contributed by atoms with Crippen LogP contribution in [0, 0.1) is 0 Å². The van der Waals surface area contributed by atoms with Gasteiger partial charge in [-0.05, 0) is 41.8 Å². The monoisotopic (exact) mass is 401 g/mol. The number of fused-ring (bicyclic) bond motifs is 1. The summed E-state index contributed by atoms with van der Waals surface area (Å²) in [6, 6.07) is 18.8. The van der Waals surface area contributed by atoms with E-state index in [1.54, 1.807) is 25.2 Å². The third-order valence-corrected chi connectivity index (χ3v) is 5.25. The van der Waals surface area contributed by atoms with E-state index in [-0.39, 0.29) is 23.1 Å². The van der Waals surface area contributed by atoms with Gasteiger partial charge in [-0.15, -0.1) is 0 Å². The minimum absolute atomic E-state index is 0.181. The topological polar surface area (TPSA) is 87.1 Å². The molecule has 1 atom stereocenters. The fraction of sp³-hybridized carbons (Fsp3) is 0.167. The molecule has 6 nitrogen and oxygen atoms in total. The molecule has 0 aliphatic heterocycles. The van der Waals surface area contributed by atoms with Crippen LogP contribution >= 0.6 is 0 Å². The van der Waals surface area contributed by atoms with Crippen molar-refractivity contribution in [3.63, 3.8) is 0 Å². The zero-order chi connectivity index (χ0) is 21.3. The average Bonchev–Trinajstić information content (AvgIpc) is 3.20. The van der Waals surface area contributed by atoms with E-state index in [0.717, 1.165) is 16.7 Å². The van der Waals surface area contributed by atoms with Gasteiger partial charge in [0.05, 0.1) is 0 Å². The number of carbonyl (C=O) groups is 1. The van der Waals surface area contributed by atoms with Gasteiger partial charge in [0.15, 0.2) is 0 Å².